The van der Waals surface area contributed by atoms with Crippen molar-refractivity contribution in [3.05, 3.63) is 17.0 Å². The second kappa shape index (κ2) is 6.14. The van der Waals surface area contributed by atoms with Crippen LogP contribution in [0.25, 0.3) is 0 Å². The second-order valence-electron chi connectivity index (χ2n) is 5.95. The number of likely N-dealkylation sites (tertiary alicyclic amines) is 1. The lowest BCUT2D eigenvalue weighted by Gasteiger charge is -2.36. The Bertz CT molecular complexity index is 488. The third kappa shape index (κ3) is 2.69. The number of H-pyrrole nitrogens is 1. The molecule has 2 atom stereocenters. The van der Waals surface area contributed by atoms with Crippen molar-refractivity contribution in [3.8, 4) is 0 Å². The molecule has 0 aromatic carbocycles. The maximum atomic E-state index is 12.7. The van der Waals surface area contributed by atoms with Gasteiger partial charge in [0.2, 0.25) is 0 Å². The minimum Gasteiger partial charge on any atom is -0.334 e. The molecule has 2 unspecified atom stereocenters. The molecule has 112 valence electrons. The number of aromatic amines is 1. The summed E-state index contributed by atoms with van der Waals surface area (Å²) in [6, 6.07) is 0.326. The fraction of sp³-hybridized carbons (Fsp3) is 0.714. The molecule has 1 aromatic heterocycles. The van der Waals surface area contributed by atoms with Gasteiger partial charge in [0.15, 0.2) is 5.69 Å². The highest BCUT2D eigenvalue weighted by Gasteiger charge is 2.31. The van der Waals surface area contributed by atoms with E-state index in [9.17, 15) is 4.79 Å². The van der Waals surface area contributed by atoms with Crippen LogP contribution in [0.1, 0.15) is 48.4 Å². The lowest BCUT2D eigenvalue weighted by atomic mass is 9.94. The lowest BCUT2D eigenvalue weighted by molar-refractivity contribution is 0.0566. The summed E-state index contributed by atoms with van der Waals surface area (Å²) in [5, 5.41) is 10.6. The number of carbonyl (C=O) groups excluding carboxylic acids is 1. The normalized spacial score (nSPS) is 25.8. The van der Waals surface area contributed by atoms with E-state index in [1.54, 1.807) is 0 Å². The van der Waals surface area contributed by atoms with Gasteiger partial charge in [-0.25, -0.2) is 0 Å². The van der Waals surface area contributed by atoms with E-state index in [2.05, 4.69) is 29.4 Å². The summed E-state index contributed by atoms with van der Waals surface area (Å²) in [7, 11) is 0. The summed E-state index contributed by atoms with van der Waals surface area (Å²) in [6.45, 7) is 6.93. The number of halogens is 1. The number of fused-ring (bicyclic) bond motifs is 1. The zero-order chi connectivity index (χ0) is 13.4. The molecule has 20 heavy (non-hydrogen) atoms. The van der Waals surface area contributed by atoms with E-state index in [1.165, 1.54) is 6.42 Å². The first-order valence-corrected chi connectivity index (χ1v) is 7.24. The third-order valence-electron chi connectivity index (χ3n) is 4.39. The molecule has 2 aliphatic rings. The van der Waals surface area contributed by atoms with Crippen molar-refractivity contribution in [3.63, 3.8) is 0 Å². The Morgan fingerprint density at radius 2 is 2.15 bits per heavy atom. The molecule has 0 saturated carbocycles. The van der Waals surface area contributed by atoms with E-state index in [0.29, 0.717) is 17.7 Å². The summed E-state index contributed by atoms with van der Waals surface area (Å²) in [5.74, 6) is 0.688. The standard InChI is InChI=1S/C14H22N4O.ClH/c1-9-3-4-10(2)18(8-9)14(19)13-11-7-15-6-5-12(11)16-17-13;/h9-10,15H,3-8H2,1-2H3,(H,16,17);1H. The summed E-state index contributed by atoms with van der Waals surface area (Å²) in [6.07, 6.45) is 3.24. The molecule has 0 radical (unpaired) electrons. The van der Waals surface area contributed by atoms with Gasteiger partial charge < -0.3 is 10.2 Å². The van der Waals surface area contributed by atoms with Crippen LogP contribution < -0.4 is 5.32 Å². The number of rotatable bonds is 1. The average molecular weight is 299 g/mol. The van der Waals surface area contributed by atoms with E-state index in [0.717, 1.165) is 43.7 Å². The number of nitrogens with zero attached hydrogens (tertiary/aromatic N) is 2. The Morgan fingerprint density at radius 3 is 2.95 bits per heavy atom. The Balaban J connectivity index is 0.00000147. The zero-order valence-electron chi connectivity index (χ0n) is 12.1. The molecule has 1 saturated heterocycles. The molecule has 0 spiro atoms. The van der Waals surface area contributed by atoms with Crippen molar-refractivity contribution < 1.29 is 4.79 Å². The molecule has 5 nitrogen and oxygen atoms in total. The van der Waals surface area contributed by atoms with Gasteiger partial charge in [-0.2, -0.15) is 5.10 Å². The van der Waals surface area contributed by atoms with Gasteiger partial charge in [-0.15, -0.1) is 12.4 Å². The van der Waals surface area contributed by atoms with Crippen molar-refractivity contribution in [2.75, 3.05) is 13.1 Å². The van der Waals surface area contributed by atoms with Gasteiger partial charge in [0.05, 0.1) is 0 Å². The van der Waals surface area contributed by atoms with Crippen molar-refractivity contribution in [2.45, 2.75) is 45.7 Å². The zero-order valence-corrected chi connectivity index (χ0v) is 12.9. The van der Waals surface area contributed by atoms with Crippen molar-refractivity contribution in [2.24, 2.45) is 5.92 Å². The largest absolute Gasteiger partial charge is 0.334 e. The Morgan fingerprint density at radius 1 is 1.35 bits per heavy atom. The van der Waals surface area contributed by atoms with Crippen LogP contribution in [-0.2, 0) is 13.0 Å². The first-order chi connectivity index (χ1) is 9.16. The van der Waals surface area contributed by atoms with Crippen LogP contribution in [0.2, 0.25) is 0 Å². The molecule has 6 heteroatoms. The second-order valence-corrected chi connectivity index (χ2v) is 5.95. The molecular formula is C14H23ClN4O. The van der Waals surface area contributed by atoms with Crippen LogP contribution in [0.5, 0.6) is 0 Å². The van der Waals surface area contributed by atoms with E-state index in [1.807, 2.05) is 4.90 Å². The molecule has 2 N–H and O–H groups in total. The minimum atomic E-state index is 0. The molecule has 1 aromatic rings. The van der Waals surface area contributed by atoms with Gasteiger partial charge in [0.1, 0.15) is 0 Å². The maximum Gasteiger partial charge on any atom is 0.274 e. The number of piperidine rings is 1. The summed E-state index contributed by atoms with van der Waals surface area (Å²) in [4.78, 5) is 14.7. The van der Waals surface area contributed by atoms with E-state index in [4.69, 9.17) is 0 Å². The Labute approximate surface area is 125 Å². The van der Waals surface area contributed by atoms with Gasteiger partial charge in [0.25, 0.3) is 5.91 Å². The van der Waals surface area contributed by atoms with Crippen molar-refractivity contribution in [1.82, 2.24) is 20.4 Å². The third-order valence-corrected chi connectivity index (χ3v) is 4.39. The van der Waals surface area contributed by atoms with Gasteiger partial charge in [0, 0.05) is 43.4 Å². The average Bonchev–Trinajstić information content (AvgIpc) is 2.84. The van der Waals surface area contributed by atoms with E-state index in [-0.39, 0.29) is 18.3 Å². The summed E-state index contributed by atoms with van der Waals surface area (Å²) < 4.78 is 0. The van der Waals surface area contributed by atoms with Gasteiger partial charge in [-0.1, -0.05) is 6.92 Å². The number of hydrogen-bond donors (Lipinski definition) is 2. The fourth-order valence-electron chi connectivity index (χ4n) is 3.11. The number of carbonyl (C=O) groups is 1. The van der Waals surface area contributed by atoms with Crippen LogP contribution in [0.4, 0.5) is 0 Å². The lowest BCUT2D eigenvalue weighted by Crippen LogP contribution is -2.45. The van der Waals surface area contributed by atoms with Crippen LogP contribution in [0.15, 0.2) is 0 Å². The quantitative estimate of drug-likeness (QED) is 0.830. The predicted octanol–water partition coefficient (Wildman–Crippen LogP) is 1.74. The van der Waals surface area contributed by atoms with Crippen LogP contribution in [0.3, 0.4) is 0 Å². The first kappa shape index (κ1) is 15.3. The molecule has 2 aliphatic heterocycles. The Hall–Kier alpha value is -1.07. The van der Waals surface area contributed by atoms with Crippen molar-refractivity contribution >= 4 is 18.3 Å². The maximum absolute atomic E-state index is 12.7. The molecule has 3 rings (SSSR count). The number of amides is 1. The molecule has 0 aliphatic carbocycles. The van der Waals surface area contributed by atoms with E-state index >= 15 is 0 Å². The van der Waals surface area contributed by atoms with Crippen LogP contribution in [0, 0.1) is 5.92 Å². The fourth-order valence-corrected chi connectivity index (χ4v) is 3.11. The molecule has 3 heterocycles. The number of hydrogen-bond acceptors (Lipinski definition) is 3. The monoisotopic (exact) mass is 298 g/mol. The van der Waals surface area contributed by atoms with Crippen molar-refractivity contribution in [1.29, 1.82) is 0 Å². The molecule has 1 fully saturated rings. The van der Waals surface area contributed by atoms with Gasteiger partial charge >= 0.3 is 0 Å². The minimum absolute atomic E-state index is 0. The Kier molecular flexibility index (Phi) is 4.70. The SMILES string of the molecule is CC1CCC(C)N(C(=O)c2n[nH]c3c2CNCC3)C1.Cl. The topological polar surface area (TPSA) is 61.0 Å². The highest BCUT2D eigenvalue weighted by atomic mass is 35.5. The number of aromatic nitrogens is 2. The van der Waals surface area contributed by atoms with Gasteiger partial charge in [-0.3, -0.25) is 9.89 Å². The smallest absolute Gasteiger partial charge is 0.274 e. The number of nitrogens with one attached hydrogen (secondary N) is 2. The van der Waals surface area contributed by atoms with E-state index < -0.39 is 0 Å². The highest BCUT2D eigenvalue weighted by molar-refractivity contribution is 5.94. The summed E-state index contributed by atoms with van der Waals surface area (Å²) >= 11 is 0. The van der Waals surface area contributed by atoms with Gasteiger partial charge in [-0.05, 0) is 25.7 Å². The molecule has 1 amide bonds. The molecule has 0 bridgehead atoms. The summed E-state index contributed by atoms with van der Waals surface area (Å²) in [5.41, 5.74) is 2.82. The first-order valence-electron chi connectivity index (χ1n) is 7.24. The predicted molar refractivity (Wildman–Crippen MR) is 80.1 cm³/mol. The highest BCUT2D eigenvalue weighted by Crippen LogP contribution is 2.25. The van der Waals surface area contributed by atoms with Crippen LogP contribution in [-0.4, -0.2) is 40.1 Å². The van der Waals surface area contributed by atoms with Crippen LogP contribution >= 0.6 is 12.4 Å². The molecular weight excluding hydrogens is 276 g/mol.